The van der Waals surface area contributed by atoms with Crippen molar-refractivity contribution in [2.24, 2.45) is 0 Å². The highest BCUT2D eigenvalue weighted by molar-refractivity contribution is 7.90. The van der Waals surface area contributed by atoms with Crippen molar-refractivity contribution in [3.05, 3.63) is 42.2 Å². The molecule has 20 heavy (non-hydrogen) atoms. The van der Waals surface area contributed by atoms with E-state index in [1.165, 1.54) is 0 Å². The zero-order valence-electron chi connectivity index (χ0n) is 11.3. The molecule has 0 bridgehead atoms. The molecule has 1 unspecified atom stereocenters. The molecule has 0 saturated carbocycles. The number of nitrogens with zero attached hydrogens (tertiary/aromatic N) is 1. The summed E-state index contributed by atoms with van der Waals surface area (Å²) in [5, 5.41) is 14.8. The Kier molecular flexibility index (Phi) is 4.69. The molecule has 1 aromatic carbocycles. The van der Waals surface area contributed by atoms with Crippen LogP contribution in [0.3, 0.4) is 0 Å². The molecule has 1 heterocycles. The summed E-state index contributed by atoms with van der Waals surface area (Å²) in [7, 11) is -3.16. The van der Waals surface area contributed by atoms with Crippen LogP contribution in [0.15, 0.2) is 36.7 Å². The van der Waals surface area contributed by atoms with Crippen molar-refractivity contribution in [3.8, 4) is 0 Å². The second kappa shape index (κ2) is 6.30. The van der Waals surface area contributed by atoms with Gasteiger partial charge >= 0.3 is 0 Å². The second-order valence-electron chi connectivity index (χ2n) is 4.90. The lowest BCUT2D eigenvalue weighted by Crippen LogP contribution is -2.31. The van der Waals surface area contributed by atoms with Crippen LogP contribution in [0.5, 0.6) is 0 Å². The molecular formula is C14H18N2O3S. The highest BCUT2D eigenvalue weighted by Crippen LogP contribution is 2.16. The summed E-state index contributed by atoms with van der Waals surface area (Å²) in [6.07, 6.45) is 3.80. The quantitative estimate of drug-likeness (QED) is 0.821. The molecule has 2 rings (SSSR count). The van der Waals surface area contributed by atoms with Gasteiger partial charge in [0.05, 0.1) is 11.9 Å². The molecule has 0 saturated heterocycles. The molecule has 0 aliphatic carbocycles. The minimum absolute atomic E-state index is 0.228. The molecule has 6 heteroatoms. The number of pyridine rings is 1. The van der Waals surface area contributed by atoms with Crippen molar-refractivity contribution in [1.82, 2.24) is 10.3 Å². The Bertz CT molecular complexity index is 680. The normalized spacial score (nSPS) is 13.5. The maximum atomic E-state index is 11.1. The molecule has 0 aliphatic rings. The van der Waals surface area contributed by atoms with Gasteiger partial charge in [0, 0.05) is 37.1 Å². The number of rotatable bonds is 6. The van der Waals surface area contributed by atoms with E-state index in [2.05, 4.69) is 10.3 Å². The summed E-state index contributed by atoms with van der Waals surface area (Å²) in [6.45, 7) is 0.769. The Balaban J connectivity index is 1.97. The number of sulfone groups is 1. The standard InChI is InChI=1S/C14H18N2O3S/c1-20(18,19)10-13(17)9-16-8-12-7-15-6-11-4-2-3-5-14(11)12/h2-7,13,16-17H,8-10H2,1H3. The number of nitrogens with one attached hydrogen (secondary N) is 1. The average molecular weight is 294 g/mol. The number of aliphatic hydroxyl groups excluding tert-OH is 1. The average Bonchev–Trinajstić information content (AvgIpc) is 2.37. The Labute approximate surface area is 118 Å². The highest BCUT2D eigenvalue weighted by Gasteiger charge is 2.11. The smallest absolute Gasteiger partial charge is 0.150 e. The Morgan fingerprint density at radius 2 is 2.05 bits per heavy atom. The predicted octanol–water partition coefficient (Wildman–Crippen LogP) is 0.730. The van der Waals surface area contributed by atoms with Gasteiger partial charge in [-0.2, -0.15) is 0 Å². The third-order valence-electron chi connectivity index (χ3n) is 2.94. The highest BCUT2D eigenvalue weighted by atomic mass is 32.2. The van der Waals surface area contributed by atoms with Crippen LogP contribution >= 0.6 is 0 Å². The van der Waals surface area contributed by atoms with E-state index < -0.39 is 15.9 Å². The number of hydrogen-bond donors (Lipinski definition) is 2. The number of aliphatic hydroxyl groups is 1. The van der Waals surface area contributed by atoms with Crippen LogP contribution in [-0.2, 0) is 16.4 Å². The molecule has 1 aromatic heterocycles. The van der Waals surface area contributed by atoms with Crippen molar-refractivity contribution in [2.75, 3.05) is 18.6 Å². The van der Waals surface area contributed by atoms with E-state index in [-0.39, 0.29) is 12.3 Å². The van der Waals surface area contributed by atoms with Crippen LogP contribution in [0.1, 0.15) is 5.56 Å². The summed E-state index contributed by atoms with van der Waals surface area (Å²) in [4.78, 5) is 4.17. The van der Waals surface area contributed by atoms with Gasteiger partial charge < -0.3 is 10.4 Å². The fraction of sp³-hybridized carbons (Fsp3) is 0.357. The number of aromatic nitrogens is 1. The van der Waals surface area contributed by atoms with Gasteiger partial charge in [-0.15, -0.1) is 0 Å². The molecule has 0 fully saturated rings. The zero-order valence-corrected chi connectivity index (χ0v) is 12.1. The molecule has 0 radical (unpaired) electrons. The lowest BCUT2D eigenvalue weighted by Gasteiger charge is -2.11. The van der Waals surface area contributed by atoms with Crippen molar-refractivity contribution < 1.29 is 13.5 Å². The van der Waals surface area contributed by atoms with Crippen LogP contribution in [0.2, 0.25) is 0 Å². The van der Waals surface area contributed by atoms with E-state index >= 15 is 0 Å². The Morgan fingerprint density at radius 1 is 1.30 bits per heavy atom. The first-order chi connectivity index (χ1) is 9.46. The first kappa shape index (κ1) is 14.9. The van der Waals surface area contributed by atoms with Gasteiger partial charge in [-0.05, 0) is 10.9 Å². The van der Waals surface area contributed by atoms with Crippen molar-refractivity contribution >= 4 is 20.6 Å². The van der Waals surface area contributed by atoms with E-state index in [0.29, 0.717) is 6.54 Å². The molecule has 0 aliphatic heterocycles. The van der Waals surface area contributed by atoms with Crippen LogP contribution in [-0.4, -0.2) is 43.2 Å². The topological polar surface area (TPSA) is 79.3 Å². The molecule has 0 amide bonds. The lowest BCUT2D eigenvalue weighted by atomic mass is 10.1. The molecule has 1 atom stereocenters. The van der Waals surface area contributed by atoms with Gasteiger partial charge in [0.1, 0.15) is 9.84 Å². The number of benzene rings is 1. The van der Waals surface area contributed by atoms with Gasteiger partial charge in [-0.25, -0.2) is 8.42 Å². The lowest BCUT2D eigenvalue weighted by molar-refractivity contribution is 0.193. The zero-order chi connectivity index (χ0) is 14.6. The molecule has 5 nitrogen and oxygen atoms in total. The van der Waals surface area contributed by atoms with Crippen LogP contribution < -0.4 is 5.32 Å². The maximum Gasteiger partial charge on any atom is 0.150 e. The van der Waals surface area contributed by atoms with Crippen molar-refractivity contribution in [2.45, 2.75) is 12.6 Å². The fourth-order valence-corrected chi connectivity index (χ4v) is 2.92. The monoisotopic (exact) mass is 294 g/mol. The summed E-state index contributed by atoms with van der Waals surface area (Å²) < 4.78 is 22.1. The van der Waals surface area contributed by atoms with E-state index in [1.54, 1.807) is 12.4 Å². The predicted molar refractivity (Wildman–Crippen MR) is 79.2 cm³/mol. The number of fused-ring (bicyclic) bond motifs is 1. The van der Waals surface area contributed by atoms with E-state index in [4.69, 9.17) is 0 Å². The van der Waals surface area contributed by atoms with Gasteiger partial charge in [0.15, 0.2) is 0 Å². The molecular weight excluding hydrogens is 276 g/mol. The number of hydrogen-bond acceptors (Lipinski definition) is 5. The first-order valence-corrected chi connectivity index (χ1v) is 8.40. The van der Waals surface area contributed by atoms with Crippen LogP contribution in [0.4, 0.5) is 0 Å². The molecule has 2 N–H and O–H groups in total. The molecule has 0 spiro atoms. The third-order valence-corrected chi connectivity index (χ3v) is 3.93. The SMILES string of the molecule is CS(=O)(=O)CC(O)CNCc1cncc2ccccc12. The van der Waals surface area contributed by atoms with Gasteiger partial charge in [0.2, 0.25) is 0 Å². The summed E-state index contributed by atoms with van der Waals surface area (Å²) in [5.74, 6) is -0.228. The maximum absolute atomic E-state index is 11.1. The van der Waals surface area contributed by atoms with Crippen LogP contribution in [0, 0.1) is 0 Å². The van der Waals surface area contributed by atoms with E-state index in [9.17, 15) is 13.5 Å². The minimum atomic E-state index is -3.16. The van der Waals surface area contributed by atoms with Gasteiger partial charge in [0.25, 0.3) is 0 Å². The van der Waals surface area contributed by atoms with Gasteiger partial charge in [-0.3, -0.25) is 4.98 Å². The Hall–Kier alpha value is -1.50. The van der Waals surface area contributed by atoms with Crippen molar-refractivity contribution in [3.63, 3.8) is 0 Å². The van der Waals surface area contributed by atoms with Crippen molar-refractivity contribution in [1.29, 1.82) is 0 Å². The van der Waals surface area contributed by atoms with E-state index in [1.807, 2.05) is 24.3 Å². The largest absolute Gasteiger partial charge is 0.391 e. The second-order valence-corrected chi connectivity index (χ2v) is 7.08. The Morgan fingerprint density at radius 3 is 2.80 bits per heavy atom. The van der Waals surface area contributed by atoms with E-state index in [0.717, 1.165) is 22.6 Å². The minimum Gasteiger partial charge on any atom is -0.391 e. The molecule has 108 valence electrons. The fourth-order valence-electron chi connectivity index (χ4n) is 2.10. The summed E-state index contributed by atoms with van der Waals surface area (Å²) in [5.41, 5.74) is 1.02. The van der Waals surface area contributed by atoms with Crippen LogP contribution in [0.25, 0.3) is 10.8 Å². The summed E-state index contributed by atoms with van der Waals surface area (Å²) in [6, 6.07) is 7.92. The molecule has 2 aromatic rings. The summed E-state index contributed by atoms with van der Waals surface area (Å²) >= 11 is 0. The van der Waals surface area contributed by atoms with Gasteiger partial charge in [-0.1, -0.05) is 24.3 Å². The first-order valence-electron chi connectivity index (χ1n) is 6.34. The third kappa shape index (κ3) is 4.26.